The van der Waals surface area contributed by atoms with Gasteiger partial charge in [0.15, 0.2) is 0 Å². The summed E-state index contributed by atoms with van der Waals surface area (Å²) < 4.78 is 31.7. The van der Waals surface area contributed by atoms with E-state index >= 15 is 0 Å². The zero-order valence-corrected chi connectivity index (χ0v) is 12.7. The Bertz CT molecular complexity index is 452. The maximum Gasteiger partial charge on any atom is 0.250 e. The topological polar surface area (TPSA) is 75.6 Å². The number of hydrogen-bond acceptors (Lipinski definition) is 5. The molecule has 1 rings (SSSR count). The van der Waals surface area contributed by atoms with Crippen LogP contribution in [0.1, 0.15) is 5.56 Å². The summed E-state index contributed by atoms with van der Waals surface area (Å²) in [5, 5.41) is 9.36. The molecule has 5 nitrogen and oxygen atoms in total. The second-order valence-electron chi connectivity index (χ2n) is 3.48. The first-order chi connectivity index (χ1) is 7.86. The average Bonchev–Trinajstić information content (AvgIpc) is 2.58. The smallest absolute Gasteiger partial charge is 0.250 e. The van der Waals surface area contributed by atoms with E-state index in [9.17, 15) is 13.5 Å². The van der Waals surface area contributed by atoms with E-state index in [1.165, 1.54) is 7.11 Å². The van der Waals surface area contributed by atoms with E-state index in [0.29, 0.717) is 0 Å². The number of halogens is 1. The van der Waals surface area contributed by atoms with Crippen LogP contribution in [0.4, 0.5) is 0 Å². The number of thiophene rings is 1. The monoisotopic (exact) mass is 343 g/mol. The fraction of sp³-hybridized carbons (Fsp3) is 0.556. The number of aliphatic hydroxyl groups excluding tert-OH is 1. The van der Waals surface area contributed by atoms with Crippen LogP contribution in [0.15, 0.2) is 14.1 Å². The molecule has 2 N–H and O–H groups in total. The molecule has 8 heteroatoms. The summed E-state index contributed by atoms with van der Waals surface area (Å²) in [5.74, 6) is 0. The van der Waals surface area contributed by atoms with Crippen molar-refractivity contribution in [3.8, 4) is 0 Å². The number of ether oxygens (including phenoxy) is 1. The lowest BCUT2D eigenvalue weighted by Gasteiger charge is -2.10. The molecule has 0 aromatic carbocycles. The molecule has 1 heterocycles. The van der Waals surface area contributed by atoms with Crippen molar-refractivity contribution in [1.82, 2.24) is 4.72 Å². The molecule has 1 unspecified atom stereocenters. The van der Waals surface area contributed by atoms with Crippen LogP contribution < -0.4 is 4.72 Å². The molecule has 17 heavy (non-hydrogen) atoms. The number of rotatable bonds is 6. The van der Waals surface area contributed by atoms with Gasteiger partial charge in [0.05, 0.1) is 16.5 Å². The highest BCUT2D eigenvalue weighted by atomic mass is 79.9. The van der Waals surface area contributed by atoms with Gasteiger partial charge in [0.25, 0.3) is 0 Å². The Kier molecular flexibility index (Phi) is 5.55. The van der Waals surface area contributed by atoms with Crippen LogP contribution in [0.2, 0.25) is 0 Å². The average molecular weight is 344 g/mol. The van der Waals surface area contributed by atoms with E-state index in [2.05, 4.69) is 20.7 Å². The molecule has 0 aliphatic rings. The summed E-state index contributed by atoms with van der Waals surface area (Å²) in [6.07, 6.45) is -0.848. The normalized spacial score (nSPS) is 13.9. The summed E-state index contributed by atoms with van der Waals surface area (Å²) in [6, 6.07) is 1.58. The van der Waals surface area contributed by atoms with Gasteiger partial charge in [-0.2, -0.15) is 0 Å². The molecule has 0 saturated heterocycles. The lowest BCUT2D eigenvalue weighted by molar-refractivity contribution is 0.0679. The van der Waals surface area contributed by atoms with Gasteiger partial charge >= 0.3 is 0 Å². The molecule has 0 radical (unpaired) electrons. The van der Waals surface area contributed by atoms with E-state index in [1.807, 2.05) is 6.92 Å². The molecule has 1 atom stereocenters. The van der Waals surface area contributed by atoms with E-state index in [-0.39, 0.29) is 17.4 Å². The summed E-state index contributed by atoms with van der Waals surface area (Å²) in [7, 11) is -2.11. The Morgan fingerprint density at radius 1 is 1.65 bits per heavy atom. The Hall–Kier alpha value is 0.01000. The summed E-state index contributed by atoms with van der Waals surface area (Å²) in [5.41, 5.74) is 0.868. The SMILES string of the molecule is COCC(O)CNS(=O)(=O)c1cc(C)c(Br)s1. The number of methoxy groups -OCH3 is 1. The second kappa shape index (κ2) is 6.26. The summed E-state index contributed by atoms with van der Waals surface area (Å²) >= 11 is 4.41. The minimum Gasteiger partial charge on any atom is -0.389 e. The largest absolute Gasteiger partial charge is 0.389 e. The van der Waals surface area contributed by atoms with Crippen molar-refractivity contribution < 1.29 is 18.3 Å². The van der Waals surface area contributed by atoms with Gasteiger partial charge in [0.1, 0.15) is 4.21 Å². The predicted molar refractivity (Wildman–Crippen MR) is 69.8 cm³/mol. The highest BCUT2D eigenvalue weighted by Crippen LogP contribution is 2.30. The molecule has 0 aliphatic heterocycles. The highest BCUT2D eigenvalue weighted by Gasteiger charge is 2.19. The Morgan fingerprint density at radius 2 is 2.29 bits per heavy atom. The lowest BCUT2D eigenvalue weighted by Crippen LogP contribution is -2.34. The third-order valence-electron chi connectivity index (χ3n) is 1.97. The van der Waals surface area contributed by atoms with Gasteiger partial charge in [0, 0.05) is 13.7 Å². The van der Waals surface area contributed by atoms with Crippen LogP contribution in [0.5, 0.6) is 0 Å². The standard InChI is InChI=1S/C9H14BrNO4S2/c1-6-3-8(16-9(6)10)17(13,14)11-4-7(12)5-15-2/h3,7,11-12H,4-5H2,1-2H3. The number of nitrogens with one attached hydrogen (secondary N) is 1. The number of aryl methyl sites for hydroxylation is 1. The number of hydrogen-bond donors (Lipinski definition) is 2. The molecule has 0 aliphatic carbocycles. The van der Waals surface area contributed by atoms with Crippen LogP contribution in [-0.2, 0) is 14.8 Å². The second-order valence-corrected chi connectivity index (χ2v) is 7.85. The van der Waals surface area contributed by atoms with Crippen molar-refractivity contribution in [2.45, 2.75) is 17.2 Å². The van der Waals surface area contributed by atoms with Gasteiger partial charge in [-0.05, 0) is 34.5 Å². The lowest BCUT2D eigenvalue weighted by atomic mass is 10.4. The molecule has 0 spiro atoms. The third kappa shape index (κ3) is 4.31. The zero-order valence-electron chi connectivity index (χ0n) is 9.44. The van der Waals surface area contributed by atoms with Crippen LogP contribution in [0, 0.1) is 6.92 Å². The zero-order chi connectivity index (χ0) is 13.1. The molecule has 0 bridgehead atoms. The van der Waals surface area contributed by atoms with E-state index in [4.69, 9.17) is 4.74 Å². The maximum atomic E-state index is 11.8. The predicted octanol–water partition coefficient (Wildman–Crippen LogP) is 1.10. The minimum absolute atomic E-state index is 0.0647. The van der Waals surface area contributed by atoms with Crippen LogP contribution in [0.25, 0.3) is 0 Å². The van der Waals surface area contributed by atoms with Crippen molar-refractivity contribution in [3.63, 3.8) is 0 Å². The first-order valence-electron chi connectivity index (χ1n) is 4.79. The first-order valence-corrected chi connectivity index (χ1v) is 7.88. The van der Waals surface area contributed by atoms with Crippen molar-refractivity contribution in [3.05, 3.63) is 15.4 Å². The van der Waals surface area contributed by atoms with E-state index < -0.39 is 16.1 Å². The molecule has 1 aromatic heterocycles. The van der Waals surface area contributed by atoms with E-state index in [1.54, 1.807) is 6.07 Å². The van der Waals surface area contributed by atoms with Gasteiger partial charge in [-0.3, -0.25) is 0 Å². The third-order valence-corrected chi connectivity index (χ3v) is 6.00. The number of aliphatic hydroxyl groups is 1. The Labute approximate surface area is 113 Å². The maximum absolute atomic E-state index is 11.8. The van der Waals surface area contributed by atoms with Gasteiger partial charge in [0.2, 0.25) is 10.0 Å². The molecular formula is C9H14BrNO4S2. The van der Waals surface area contributed by atoms with Crippen molar-refractivity contribution >= 4 is 37.3 Å². The quantitative estimate of drug-likeness (QED) is 0.811. The fourth-order valence-electron chi connectivity index (χ4n) is 1.09. The Balaban J connectivity index is 2.69. The van der Waals surface area contributed by atoms with Crippen LogP contribution in [0.3, 0.4) is 0 Å². The number of sulfonamides is 1. The molecule has 98 valence electrons. The molecule has 0 fully saturated rings. The molecule has 1 aromatic rings. The molecular weight excluding hydrogens is 330 g/mol. The Morgan fingerprint density at radius 3 is 2.76 bits per heavy atom. The minimum atomic E-state index is -3.55. The van der Waals surface area contributed by atoms with Gasteiger partial charge in [-0.15, -0.1) is 11.3 Å². The van der Waals surface area contributed by atoms with E-state index in [0.717, 1.165) is 20.7 Å². The van der Waals surface area contributed by atoms with Crippen molar-refractivity contribution in [2.24, 2.45) is 0 Å². The fourth-order valence-corrected chi connectivity index (χ4v) is 4.44. The molecule has 0 amide bonds. The summed E-state index contributed by atoms with van der Waals surface area (Å²) in [4.78, 5) is 0. The van der Waals surface area contributed by atoms with Gasteiger partial charge in [-0.1, -0.05) is 0 Å². The van der Waals surface area contributed by atoms with Crippen LogP contribution in [-0.4, -0.2) is 39.9 Å². The highest BCUT2D eigenvalue weighted by molar-refractivity contribution is 9.11. The van der Waals surface area contributed by atoms with Gasteiger partial charge in [-0.25, -0.2) is 13.1 Å². The summed E-state index contributed by atoms with van der Waals surface area (Å²) in [6.45, 7) is 1.85. The van der Waals surface area contributed by atoms with Crippen molar-refractivity contribution in [1.29, 1.82) is 0 Å². The van der Waals surface area contributed by atoms with Crippen LogP contribution >= 0.6 is 27.3 Å². The first kappa shape index (κ1) is 15.1. The van der Waals surface area contributed by atoms with Crippen molar-refractivity contribution in [2.75, 3.05) is 20.3 Å². The molecule has 0 saturated carbocycles. The van der Waals surface area contributed by atoms with Gasteiger partial charge < -0.3 is 9.84 Å².